The monoisotopic (exact) mass is 312 g/mol. The molecule has 0 aliphatic carbocycles. The largest absolute Gasteiger partial charge is 0.307 e. The fraction of sp³-hybridized carbons (Fsp3) is 0.125. The molecule has 108 valence electrons. The highest BCUT2D eigenvalue weighted by Crippen LogP contribution is 2.08. The number of halogens is 2. The Morgan fingerprint density at radius 1 is 0.600 bits per heavy atom. The molecular weight excluding hydrogens is 295 g/mol. The van der Waals surface area contributed by atoms with E-state index in [9.17, 15) is 0 Å². The molecule has 4 heteroatoms. The highest BCUT2D eigenvalue weighted by molar-refractivity contribution is 6.30. The van der Waals surface area contributed by atoms with Gasteiger partial charge in [0.25, 0.3) is 0 Å². The quantitative estimate of drug-likeness (QED) is 0.691. The average Bonchev–Trinajstić information content (AvgIpc) is 2.50. The third-order valence-corrected chi connectivity index (χ3v) is 2.53. The van der Waals surface area contributed by atoms with Crippen LogP contribution in [0.25, 0.3) is 0 Å². The Kier molecular flexibility index (Phi) is 14.2. The van der Waals surface area contributed by atoms with Gasteiger partial charge in [-0.2, -0.15) is 0 Å². The topological polar surface area (TPSA) is 34.1 Å². The van der Waals surface area contributed by atoms with Crippen LogP contribution >= 0.6 is 23.2 Å². The third kappa shape index (κ3) is 11.5. The molecule has 20 heavy (non-hydrogen) atoms. The highest BCUT2D eigenvalue weighted by atomic mass is 35.5. The molecule has 2 aromatic rings. The van der Waals surface area contributed by atoms with Crippen LogP contribution in [0.4, 0.5) is 0 Å². The van der Waals surface area contributed by atoms with E-state index in [1.54, 1.807) is 0 Å². The van der Waals surface area contributed by atoms with Crippen LogP contribution in [0, 0.1) is 13.8 Å². The van der Waals surface area contributed by atoms with Gasteiger partial charge in [0.1, 0.15) is 13.6 Å². The summed E-state index contributed by atoms with van der Waals surface area (Å²) in [5.74, 6) is 0. The minimum atomic E-state index is 0.801. The van der Waals surface area contributed by atoms with Crippen molar-refractivity contribution in [1.82, 2.24) is 0 Å². The summed E-state index contributed by atoms with van der Waals surface area (Å²) in [5, 5.41) is 1.60. The van der Waals surface area contributed by atoms with E-state index in [2.05, 4.69) is 0 Å². The van der Waals surface area contributed by atoms with Crippen LogP contribution in [0.1, 0.15) is 11.1 Å². The number of benzene rings is 2. The molecule has 0 heterocycles. The van der Waals surface area contributed by atoms with Crippen molar-refractivity contribution >= 4 is 36.8 Å². The summed E-state index contributed by atoms with van der Waals surface area (Å²) in [5.41, 5.74) is 2.49. The van der Waals surface area contributed by atoms with Crippen LogP contribution in [-0.2, 0) is 9.59 Å². The summed E-state index contributed by atoms with van der Waals surface area (Å²) in [6.07, 6.45) is 0. The van der Waals surface area contributed by atoms with E-state index in [0.717, 1.165) is 10.0 Å². The van der Waals surface area contributed by atoms with Gasteiger partial charge in [-0.3, -0.25) is 0 Å². The van der Waals surface area contributed by atoms with Gasteiger partial charge in [-0.15, -0.1) is 0 Å². The van der Waals surface area contributed by atoms with E-state index < -0.39 is 0 Å². The number of carbonyl (C=O) groups is 2. The molecule has 0 fully saturated rings. The number of carbonyl (C=O) groups excluding carboxylic acids is 2. The van der Waals surface area contributed by atoms with Crippen molar-refractivity contribution in [1.29, 1.82) is 0 Å². The van der Waals surface area contributed by atoms with Crippen LogP contribution in [-0.4, -0.2) is 13.6 Å². The van der Waals surface area contributed by atoms with Crippen molar-refractivity contribution in [2.24, 2.45) is 0 Å². The van der Waals surface area contributed by atoms with Crippen LogP contribution < -0.4 is 0 Å². The second kappa shape index (κ2) is 13.8. The van der Waals surface area contributed by atoms with Gasteiger partial charge >= 0.3 is 0 Å². The van der Waals surface area contributed by atoms with Gasteiger partial charge in [0.15, 0.2) is 0 Å². The lowest BCUT2D eigenvalue weighted by Crippen LogP contribution is -1.66. The van der Waals surface area contributed by atoms with Gasteiger partial charge in [0, 0.05) is 10.0 Å². The van der Waals surface area contributed by atoms with E-state index in [1.807, 2.05) is 76.0 Å². The Bertz CT molecular complexity index is 365. The second-order valence-electron chi connectivity index (χ2n) is 3.59. The Morgan fingerprint density at radius 2 is 0.800 bits per heavy atom. The van der Waals surface area contributed by atoms with Gasteiger partial charge in [-0.1, -0.05) is 58.6 Å². The molecule has 0 N–H and O–H groups in total. The minimum absolute atomic E-state index is 0.801. The lowest BCUT2D eigenvalue weighted by molar-refractivity contribution is -0.0987. The Balaban J connectivity index is 0. The first-order chi connectivity index (χ1) is 9.58. The van der Waals surface area contributed by atoms with Crippen LogP contribution in [0.3, 0.4) is 0 Å². The minimum Gasteiger partial charge on any atom is -0.307 e. The van der Waals surface area contributed by atoms with E-state index >= 15 is 0 Å². The summed E-state index contributed by atoms with van der Waals surface area (Å²) in [4.78, 5) is 16.0. The molecule has 0 amide bonds. The zero-order valence-electron chi connectivity index (χ0n) is 11.6. The molecule has 0 aromatic heterocycles. The molecule has 0 unspecified atom stereocenters. The first-order valence-electron chi connectivity index (χ1n) is 5.60. The highest BCUT2D eigenvalue weighted by Gasteiger charge is 1.82. The molecule has 0 bridgehead atoms. The molecule has 0 aliphatic rings. The van der Waals surface area contributed by atoms with E-state index in [1.165, 1.54) is 11.1 Å². The molecule has 2 rings (SSSR count). The molecule has 0 saturated heterocycles. The first-order valence-corrected chi connectivity index (χ1v) is 6.35. The van der Waals surface area contributed by atoms with Crippen molar-refractivity contribution in [3.05, 3.63) is 69.7 Å². The molecule has 0 aliphatic heterocycles. The summed E-state index contributed by atoms with van der Waals surface area (Å²) >= 11 is 11.2. The SMILES string of the molecule is C=O.C=O.Cc1ccc(Cl)cc1.Cc1ccc(Cl)cc1. The number of aryl methyl sites for hydroxylation is 2. The maximum Gasteiger partial charge on any atom is 0.106 e. The van der Waals surface area contributed by atoms with Gasteiger partial charge in [-0.05, 0) is 38.1 Å². The Labute approximate surface area is 130 Å². The smallest absolute Gasteiger partial charge is 0.106 e. The lowest BCUT2D eigenvalue weighted by Gasteiger charge is -1.88. The average molecular weight is 313 g/mol. The van der Waals surface area contributed by atoms with Gasteiger partial charge in [0.05, 0.1) is 0 Å². The van der Waals surface area contributed by atoms with Crippen molar-refractivity contribution in [3.63, 3.8) is 0 Å². The first kappa shape index (κ1) is 20.7. The van der Waals surface area contributed by atoms with E-state index in [-0.39, 0.29) is 0 Å². The van der Waals surface area contributed by atoms with Crippen LogP contribution in [0.15, 0.2) is 48.5 Å². The molecule has 0 radical (unpaired) electrons. The maximum atomic E-state index is 8.00. The van der Waals surface area contributed by atoms with Crippen molar-refractivity contribution in [3.8, 4) is 0 Å². The van der Waals surface area contributed by atoms with Crippen molar-refractivity contribution < 1.29 is 9.59 Å². The third-order valence-electron chi connectivity index (χ3n) is 2.02. The number of hydrogen-bond donors (Lipinski definition) is 0. The molecule has 0 atom stereocenters. The molecule has 2 aromatic carbocycles. The van der Waals surface area contributed by atoms with Gasteiger partial charge in [-0.25, -0.2) is 0 Å². The van der Waals surface area contributed by atoms with Crippen LogP contribution in [0.5, 0.6) is 0 Å². The zero-order valence-corrected chi connectivity index (χ0v) is 13.1. The van der Waals surface area contributed by atoms with E-state index in [0.29, 0.717) is 0 Å². The predicted octanol–water partition coefficient (Wildman–Crippen LogP) is 4.93. The summed E-state index contributed by atoms with van der Waals surface area (Å²) in [6.45, 7) is 8.08. The second-order valence-corrected chi connectivity index (χ2v) is 4.46. The Morgan fingerprint density at radius 3 is 0.950 bits per heavy atom. The molecule has 0 spiro atoms. The Hall–Kier alpha value is -1.64. The fourth-order valence-electron chi connectivity index (χ4n) is 1.07. The normalized spacial score (nSPS) is 7.80. The van der Waals surface area contributed by atoms with Gasteiger partial charge in [0.2, 0.25) is 0 Å². The summed E-state index contributed by atoms with van der Waals surface area (Å²) < 4.78 is 0. The number of hydrogen-bond acceptors (Lipinski definition) is 2. The standard InChI is InChI=1S/2C7H7Cl.2CH2O/c2*1-6-2-4-7(8)5-3-6;2*1-2/h2*2-5H,1H3;2*1H2. The van der Waals surface area contributed by atoms with Crippen molar-refractivity contribution in [2.45, 2.75) is 13.8 Å². The summed E-state index contributed by atoms with van der Waals surface area (Å²) in [7, 11) is 0. The lowest BCUT2D eigenvalue weighted by atomic mass is 10.2. The fourth-order valence-corrected chi connectivity index (χ4v) is 1.32. The van der Waals surface area contributed by atoms with E-state index in [4.69, 9.17) is 32.8 Å². The van der Waals surface area contributed by atoms with Gasteiger partial charge < -0.3 is 9.59 Å². The van der Waals surface area contributed by atoms with Crippen molar-refractivity contribution in [2.75, 3.05) is 0 Å². The molecule has 2 nitrogen and oxygen atoms in total. The maximum absolute atomic E-state index is 8.00. The molecular formula is C16H18Cl2O2. The number of rotatable bonds is 0. The predicted molar refractivity (Wildman–Crippen MR) is 86.6 cm³/mol. The molecule has 0 saturated carbocycles. The zero-order chi connectivity index (χ0) is 16.0. The van der Waals surface area contributed by atoms with Crippen LogP contribution in [0.2, 0.25) is 10.0 Å². The summed E-state index contributed by atoms with van der Waals surface area (Å²) in [6, 6.07) is 15.5.